The molecule has 2 amide bonds. The molecule has 1 aromatic rings. The second-order valence-electron chi connectivity index (χ2n) is 6.01. The van der Waals surface area contributed by atoms with Crippen molar-refractivity contribution < 1.29 is 14.7 Å². The number of amides is 2. The molecule has 0 aromatic carbocycles. The number of nitrogens with zero attached hydrogens (tertiary/aromatic N) is 2. The molecular formula is C14H22N4O3. The van der Waals surface area contributed by atoms with E-state index in [4.69, 9.17) is 0 Å². The monoisotopic (exact) mass is 294 g/mol. The first kappa shape index (κ1) is 16.9. The van der Waals surface area contributed by atoms with Gasteiger partial charge in [0.05, 0.1) is 35.1 Å². The Hall–Kier alpha value is -2.18. The standard InChI is InChI=1S/C14H22N4O3/c1-9-6-16-10(7-15-9)8-17-12(21)18-14(4,5)13(2,3)11(19)20/h6-7H,8H2,1-5H3,(H,19,20)(H2,17,18,21). The third-order valence-electron chi connectivity index (χ3n) is 3.79. The van der Waals surface area contributed by atoms with Crippen LogP contribution in [-0.2, 0) is 11.3 Å². The Bertz CT molecular complexity index is 524. The van der Waals surface area contributed by atoms with Crippen LogP contribution in [0.3, 0.4) is 0 Å². The third-order valence-corrected chi connectivity index (χ3v) is 3.79. The largest absolute Gasteiger partial charge is 0.481 e. The van der Waals surface area contributed by atoms with E-state index in [2.05, 4.69) is 20.6 Å². The summed E-state index contributed by atoms with van der Waals surface area (Å²) in [6.07, 6.45) is 3.20. The topological polar surface area (TPSA) is 104 Å². The molecule has 1 rings (SSSR count). The van der Waals surface area contributed by atoms with Gasteiger partial charge in [0.2, 0.25) is 0 Å². The summed E-state index contributed by atoms with van der Waals surface area (Å²) in [5.41, 5.74) is -0.589. The molecule has 0 fully saturated rings. The summed E-state index contributed by atoms with van der Waals surface area (Å²) in [4.78, 5) is 31.4. The van der Waals surface area contributed by atoms with Crippen molar-refractivity contribution in [3.05, 3.63) is 23.8 Å². The fourth-order valence-corrected chi connectivity index (χ4v) is 1.43. The molecule has 1 heterocycles. The number of rotatable bonds is 5. The highest BCUT2D eigenvalue weighted by atomic mass is 16.4. The van der Waals surface area contributed by atoms with Gasteiger partial charge in [0.15, 0.2) is 0 Å². The third kappa shape index (κ3) is 4.14. The zero-order valence-electron chi connectivity index (χ0n) is 13.0. The highest BCUT2D eigenvalue weighted by Gasteiger charge is 2.44. The van der Waals surface area contributed by atoms with Gasteiger partial charge in [-0.1, -0.05) is 0 Å². The molecule has 0 aliphatic rings. The van der Waals surface area contributed by atoms with Crippen LogP contribution in [0.5, 0.6) is 0 Å². The van der Waals surface area contributed by atoms with Crippen LogP contribution in [0.1, 0.15) is 39.1 Å². The number of carbonyl (C=O) groups excluding carboxylic acids is 1. The zero-order chi connectivity index (χ0) is 16.3. The maximum atomic E-state index is 11.9. The van der Waals surface area contributed by atoms with Gasteiger partial charge in [-0.3, -0.25) is 14.8 Å². The highest BCUT2D eigenvalue weighted by Crippen LogP contribution is 2.30. The van der Waals surface area contributed by atoms with E-state index in [1.165, 1.54) is 0 Å². The van der Waals surface area contributed by atoms with Crippen LogP contribution in [-0.4, -0.2) is 32.6 Å². The molecule has 0 atom stereocenters. The van der Waals surface area contributed by atoms with Crippen molar-refractivity contribution in [2.75, 3.05) is 0 Å². The second-order valence-corrected chi connectivity index (χ2v) is 6.01. The maximum absolute atomic E-state index is 11.9. The summed E-state index contributed by atoms with van der Waals surface area (Å²) >= 11 is 0. The van der Waals surface area contributed by atoms with Crippen molar-refractivity contribution in [1.29, 1.82) is 0 Å². The van der Waals surface area contributed by atoms with Crippen LogP contribution in [0, 0.1) is 12.3 Å². The van der Waals surface area contributed by atoms with Gasteiger partial charge in [-0.05, 0) is 34.6 Å². The van der Waals surface area contributed by atoms with E-state index in [1.54, 1.807) is 40.1 Å². The number of aryl methyl sites for hydroxylation is 1. The average Bonchev–Trinajstić information content (AvgIpc) is 2.37. The van der Waals surface area contributed by atoms with E-state index in [-0.39, 0.29) is 6.54 Å². The van der Waals surface area contributed by atoms with Crippen LogP contribution in [0.15, 0.2) is 12.4 Å². The average molecular weight is 294 g/mol. The number of aromatic nitrogens is 2. The number of aliphatic carboxylic acids is 1. The van der Waals surface area contributed by atoms with Gasteiger partial charge in [-0.15, -0.1) is 0 Å². The molecule has 7 nitrogen and oxygen atoms in total. The lowest BCUT2D eigenvalue weighted by Gasteiger charge is -2.38. The Morgan fingerprint density at radius 2 is 1.81 bits per heavy atom. The molecule has 0 aliphatic heterocycles. The van der Waals surface area contributed by atoms with Crippen molar-refractivity contribution in [2.45, 2.75) is 46.7 Å². The summed E-state index contributed by atoms with van der Waals surface area (Å²) in [6, 6.07) is -0.447. The molecule has 3 N–H and O–H groups in total. The van der Waals surface area contributed by atoms with E-state index >= 15 is 0 Å². The van der Waals surface area contributed by atoms with E-state index < -0.39 is 23.0 Å². The molecule has 0 unspecified atom stereocenters. The van der Waals surface area contributed by atoms with Crippen LogP contribution < -0.4 is 10.6 Å². The molecule has 0 saturated carbocycles. The second kappa shape index (κ2) is 6.07. The Balaban J connectivity index is 2.61. The molecule has 0 bridgehead atoms. The molecule has 0 aliphatic carbocycles. The lowest BCUT2D eigenvalue weighted by molar-refractivity contribution is -0.150. The van der Waals surface area contributed by atoms with Gasteiger partial charge in [-0.25, -0.2) is 4.79 Å². The Morgan fingerprint density at radius 1 is 1.19 bits per heavy atom. The molecular weight excluding hydrogens is 272 g/mol. The smallest absolute Gasteiger partial charge is 0.315 e. The van der Waals surface area contributed by atoms with Gasteiger partial charge in [0.1, 0.15) is 0 Å². The number of carboxylic acid groups (broad SMARTS) is 1. The lowest BCUT2D eigenvalue weighted by Crippen LogP contribution is -2.58. The first-order valence-electron chi connectivity index (χ1n) is 6.63. The van der Waals surface area contributed by atoms with Gasteiger partial charge in [0, 0.05) is 6.20 Å². The summed E-state index contributed by atoms with van der Waals surface area (Å²) in [7, 11) is 0. The van der Waals surface area contributed by atoms with Crippen molar-refractivity contribution in [3.8, 4) is 0 Å². The van der Waals surface area contributed by atoms with Crippen LogP contribution >= 0.6 is 0 Å². The van der Waals surface area contributed by atoms with Crippen molar-refractivity contribution >= 4 is 12.0 Å². The number of urea groups is 1. The summed E-state index contributed by atoms with van der Waals surface area (Å²) in [5, 5.41) is 14.6. The molecule has 116 valence electrons. The zero-order valence-corrected chi connectivity index (χ0v) is 13.0. The molecule has 0 spiro atoms. The number of carboxylic acids is 1. The SMILES string of the molecule is Cc1cnc(CNC(=O)NC(C)(C)C(C)(C)C(=O)O)cn1. The van der Waals surface area contributed by atoms with Crippen LogP contribution in [0.4, 0.5) is 4.79 Å². The summed E-state index contributed by atoms with van der Waals surface area (Å²) in [5.74, 6) is -0.975. The molecule has 0 saturated heterocycles. The van der Waals surface area contributed by atoms with Gasteiger partial charge in [-0.2, -0.15) is 0 Å². The van der Waals surface area contributed by atoms with Gasteiger partial charge < -0.3 is 15.7 Å². The molecule has 7 heteroatoms. The van der Waals surface area contributed by atoms with Gasteiger partial charge in [0.25, 0.3) is 0 Å². The summed E-state index contributed by atoms with van der Waals surface area (Å²) < 4.78 is 0. The van der Waals surface area contributed by atoms with Crippen molar-refractivity contribution in [2.24, 2.45) is 5.41 Å². The minimum absolute atomic E-state index is 0.225. The van der Waals surface area contributed by atoms with Crippen molar-refractivity contribution in [3.63, 3.8) is 0 Å². The number of carbonyl (C=O) groups is 2. The van der Waals surface area contributed by atoms with Gasteiger partial charge >= 0.3 is 12.0 Å². The predicted octanol–water partition coefficient (Wildman–Crippen LogP) is 1.47. The Labute approximate surface area is 124 Å². The normalized spacial score (nSPS) is 11.9. The molecule has 1 aromatic heterocycles. The van der Waals surface area contributed by atoms with E-state index in [1.807, 2.05) is 6.92 Å². The maximum Gasteiger partial charge on any atom is 0.315 e. The highest BCUT2D eigenvalue weighted by molar-refractivity contribution is 5.79. The number of hydrogen-bond donors (Lipinski definition) is 3. The minimum Gasteiger partial charge on any atom is -0.481 e. The lowest BCUT2D eigenvalue weighted by atomic mass is 9.74. The Kier molecular flexibility index (Phi) is 4.88. The van der Waals surface area contributed by atoms with Crippen molar-refractivity contribution in [1.82, 2.24) is 20.6 Å². The molecule has 0 radical (unpaired) electrons. The first-order valence-corrected chi connectivity index (χ1v) is 6.63. The van der Waals surface area contributed by atoms with E-state index in [9.17, 15) is 14.7 Å². The fraction of sp³-hybridized carbons (Fsp3) is 0.571. The van der Waals surface area contributed by atoms with E-state index in [0.29, 0.717) is 5.69 Å². The van der Waals surface area contributed by atoms with Crippen LogP contribution in [0.25, 0.3) is 0 Å². The minimum atomic E-state index is -1.10. The van der Waals surface area contributed by atoms with E-state index in [0.717, 1.165) is 5.69 Å². The van der Waals surface area contributed by atoms with Crippen LogP contribution in [0.2, 0.25) is 0 Å². The summed E-state index contributed by atoms with van der Waals surface area (Å²) in [6.45, 7) is 8.54. The quantitative estimate of drug-likeness (QED) is 0.763. The predicted molar refractivity (Wildman–Crippen MR) is 77.6 cm³/mol. The number of hydrogen-bond acceptors (Lipinski definition) is 4. The molecule has 21 heavy (non-hydrogen) atoms. The Morgan fingerprint density at radius 3 is 2.29 bits per heavy atom. The number of nitrogens with one attached hydrogen (secondary N) is 2. The fourth-order valence-electron chi connectivity index (χ4n) is 1.43. The first-order chi connectivity index (χ1) is 9.56.